The van der Waals surface area contributed by atoms with E-state index >= 15 is 0 Å². The van der Waals surface area contributed by atoms with E-state index in [0.717, 1.165) is 6.07 Å². The number of carbonyl (C=O) groups is 1. The van der Waals surface area contributed by atoms with Gasteiger partial charge in [0.1, 0.15) is 11.3 Å². The Bertz CT molecular complexity index is 1070. The first kappa shape index (κ1) is 21.5. The number of hydrogen-bond acceptors (Lipinski definition) is 6. The highest BCUT2D eigenvalue weighted by atomic mass is 35.5. The summed E-state index contributed by atoms with van der Waals surface area (Å²) < 4.78 is 53.0. The Balaban J connectivity index is 2.11. The van der Waals surface area contributed by atoms with Crippen molar-refractivity contribution in [2.75, 3.05) is 0 Å². The summed E-state index contributed by atoms with van der Waals surface area (Å²) in [5.41, 5.74) is 3.19. The third-order valence-corrected chi connectivity index (χ3v) is 5.78. The predicted octanol–water partition coefficient (Wildman–Crippen LogP) is 2.17. The first-order valence-electron chi connectivity index (χ1n) is 8.04. The minimum absolute atomic E-state index is 0.0166. The number of aliphatic hydroxyl groups is 1. The smallest absolute Gasteiger partial charge is 0.417 e. The zero-order valence-electron chi connectivity index (χ0n) is 14.7. The number of alkyl halides is 4. The van der Waals surface area contributed by atoms with Crippen LogP contribution >= 0.6 is 11.6 Å². The fraction of sp³-hybridized carbons (Fsp3) is 0.235. The van der Waals surface area contributed by atoms with E-state index in [4.69, 9.17) is 17.3 Å². The summed E-state index contributed by atoms with van der Waals surface area (Å²) in [6.45, 7) is 0. The molecule has 3 atom stereocenters. The molecule has 0 fully saturated rings. The Morgan fingerprint density at radius 2 is 2.03 bits per heavy atom. The van der Waals surface area contributed by atoms with Gasteiger partial charge in [0.25, 0.3) is 0 Å². The molecule has 0 radical (unpaired) electrons. The van der Waals surface area contributed by atoms with Gasteiger partial charge in [-0.25, -0.2) is 14.8 Å². The molecule has 1 aromatic carbocycles. The standard InChI is InChI=1S/C17H14ClF3N4O3S/c1-25-14(24-10-6-8(17(19,20)21)7-23-15(10)25)9-4-2-3-5-11(9)29(28)16(27)12(22)13(18)26/h2-7,12-13,26H,22H2,1H3/t12-,13?,29?/m0/s1. The summed E-state index contributed by atoms with van der Waals surface area (Å²) in [4.78, 5) is 20.3. The van der Waals surface area contributed by atoms with Crippen molar-refractivity contribution in [3.63, 3.8) is 0 Å². The molecular weight excluding hydrogens is 433 g/mol. The molecule has 0 amide bonds. The van der Waals surface area contributed by atoms with Gasteiger partial charge in [-0.3, -0.25) is 0 Å². The van der Waals surface area contributed by atoms with E-state index in [0.29, 0.717) is 6.20 Å². The quantitative estimate of drug-likeness (QED) is 0.468. The van der Waals surface area contributed by atoms with Gasteiger partial charge in [0.05, 0.1) is 22.3 Å². The summed E-state index contributed by atoms with van der Waals surface area (Å²) in [5.74, 6) is 0.156. The van der Waals surface area contributed by atoms with Gasteiger partial charge in [-0.2, -0.15) is 13.2 Å². The topological polar surface area (TPSA) is 117 Å². The van der Waals surface area contributed by atoms with E-state index in [1.54, 1.807) is 6.07 Å². The van der Waals surface area contributed by atoms with Gasteiger partial charge in [-0.05, 0) is 18.2 Å². The lowest BCUT2D eigenvalue weighted by atomic mass is 10.2. The molecule has 0 saturated carbocycles. The highest BCUT2D eigenvalue weighted by molar-refractivity contribution is 8.06. The number of halogens is 4. The number of imidazole rings is 1. The Morgan fingerprint density at radius 1 is 1.38 bits per heavy atom. The number of hydrogen-bond donors (Lipinski definition) is 2. The molecule has 29 heavy (non-hydrogen) atoms. The molecule has 3 N–H and O–H groups in total. The summed E-state index contributed by atoms with van der Waals surface area (Å²) in [5, 5.41) is 8.27. The number of nitrogens with two attached hydrogens (primary N) is 1. The third kappa shape index (κ3) is 4.09. The fourth-order valence-corrected chi connectivity index (χ4v) is 3.97. The van der Waals surface area contributed by atoms with E-state index in [-0.39, 0.29) is 27.4 Å². The number of fused-ring (bicyclic) bond motifs is 1. The lowest BCUT2D eigenvalue weighted by molar-refractivity contribution is -0.137. The molecule has 0 aliphatic carbocycles. The number of carbonyl (C=O) groups excluding carboxylic acids is 1. The number of pyridine rings is 1. The van der Waals surface area contributed by atoms with Gasteiger partial charge in [0.2, 0.25) is 0 Å². The zero-order chi connectivity index (χ0) is 21.5. The maximum Gasteiger partial charge on any atom is 0.417 e. The molecule has 12 heteroatoms. The zero-order valence-corrected chi connectivity index (χ0v) is 16.3. The molecule has 2 heterocycles. The summed E-state index contributed by atoms with van der Waals surface area (Å²) in [6.07, 6.45) is -3.88. The van der Waals surface area contributed by atoms with Crippen LogP contribution in [0.25, 0.3) is 22.6 Å². The van der Waals surface area contributed by atoms with E-state index in [9.17, 15) is 27.6 Å². The predicted molar refractivity (Wildman–Crippen MR) is 100 cm³/mol. The summed E-state index contributed by atoms with van der Waals surface area (Å²) >= 11 is 3.10. The molecule has 0 bridgehead atoms. The maximum absolute atomic E-state index is 13.0. The molecule has 154 valence electrons. The Labute approximate surface area is 170 Å². The van der Waals surface area contributed by atoms with Gasteiger partial charge in [-0.1, -0.05) is 23.7 Å². The van der Waals surface area contributed by atoms with Gasteiger partial charge in [0.15, 0.2) is 22.1 Å². The largest absolute Gasteiger partial charge is 0.604 e. The SMILES string of the molecule is Cn1c(-c2ccccc2[S+]([O-])C(=O)[C@@H](N)C(O)Cl)nc2cc(C(F)(F)F)cnc21. The Morgan fingerprint density at radius 3 is 2.66 bits per heavy atom. The van der Waals surface area contributed by atoms with Crippen molar-refractivity contribution in [2.24, 2.45) is 12.8 Å². The van der Waals surface area contributed by atoms with E-state index < -0.39 is 39.6 Å². The molecule has 3 rings (SSSR count). The number of benzene rings is 1. The minimum Gasteiger partial charge on any atom is -0.604 e. The monoisotopic (exact) mass is 446 g/mol. The molecular formula is C17H14ClF3N4O3S. The van der Waals surface area contributed by atoms with Gasteiger partial charge >= 0.3 is 11.3 Å². The van der Waals surface area contributed by atoms with Gasteiger partial charge in [0, 0.05) is 13.2 Å². The summed E-state index contributed by atoms with van der Waals surface area (Å²) in [7, 11) is 1.53. The number of nitrogens with zero attached hydrogens (tertiary/aromatic N) is 3. The normalized spacial score (nSPS) is 15.3. The lowest BCUT2D eigenvalue weighted by Crippen LogP contribution is -2.42. The van der Waals surface area contributed by atoms with Crippen molar-refractivity contribution in [1.82, 2.24) is 14.5 Å². The average molecular weight is 447 g/mol. The fourth-order valence-electron chi connectivity index (χ4n) is 2.63. The van der Waals surface area contributed by atoms with E-state index in [1.165, 1.54) is 29.8 Å². The second-order valence-corrected chi connectivity index (χ2v) is 7.87. The Kier molecular flexibility index (Phi) is 5.88. The third-order valence-electron chi connectivity index (χ3n) is 4.12. The summed E-state index contributed by atoms with van der Waals surface area (Å²) in [6, 6.07) is 5.29. The molecule has 0 saturated heterocycles. The van der Waals surface area contributed by atoms with Crippen molar-refractivity contribution in [2.45, 2.75) is 22.7 Å². The number of aromatic nitrogens is 3. The molecule has 0 aliphatic heterocycles. The minimum atomic E-state index is -4.58. The van der Waals surface area contributed by atoms with E-state index in [2.05, 4.69) is 9.97 Å². The van der Waals surface area contributed by atoms with Crippen molar-refractivity contribution < 1.29 is 27.6 Å². The number of aryl methyl sites for hydroxylation is 1. The van der Waals surface area contributed by atoms with Crippen LogP contribution in [0.4, 0.5) is 13.2 Å². The van der Waals surface area contributed by atoms with Crippen molar-refractivity contribution in [3.05, 3.63) is 42.1 Å². The van der Waals surface area contributed by atoms with Gasteiger partial charge < -0.3 is 20.0 Å². The highest BCUT2D eigenvalue weighted by Gasteiger charge is 2.36. The molecule has 0 spiro atoms. The lowest BCUT2D eigenvalue weighted by Gasteiger charge is -2.16. The first-order valence-corrected chi connectivity index (χ1v) is 9.63. The number of rotatable bonds is 4. The average Bonchev–Trinajstić information content (AvgIpc) is 3.01. The molecule has 7 nitrogen and oxygen atoms in total. The molecule has 3 aromatic rings. The van der Waals surface area contributed by atoms with Crippen molar-refractivity contribution in [1.29, 1.82) is 0 Å². The second-order valence-electron chi connectivity index (χ2n) is 6.04. The van der Waals surface area contributed by atoms with Crippen molar-refractivity contribution >= 4 is 39.1 Å². The molecule has 2 unspecified atom stereocenters. The van der Waals surface area contributed by atoms with Crippen molar-refractivity contribution in [3.8, 4) is 11.4 Å². The number of aliphatic hydroxyl groups excluding tert-OH is 1. The second kappa shape index (κ2) is 7.92. The van der Waals surface area contributed by atoms with Crippen LogP contribution in [0.2, 0.25) is 0 Å². The molecule has 2 aromatic heterocycles. The first-order chi connectivity index (χ1) is 13.5. The Hall–Kier alpha value is -2.18. The van der Waals surface area contributed by atoms with Crippen LogP contribution in [0.1, 0.15) is 5.56 Å². The molecule has 0 aliphatic rings. The maximum atomic E-state index is 13.0. The van der Waals surface area contributed by atoms with Crippen LogP contribution < -0.4 is 5.73 Å². The van der Waals surface area contributed by atoms with Crippen LogP contribution in [0.15, 0.2) is 41.4 Å². The van der Waals surface area contributed by atoms with Crippen LogP contribution in [0.3, 0.4) is 0 Å². The van der Waals surface area contributed by atoms with Crippen LogP contribution in [-0.4, -0.2) is 40.9 Å². The van der Waals surface area contributed by atoms with E-state index in [1.807, 2.05) is 0 Å². The van der Waals surface area contributed by atoms with Crippen LogP contribution in [-0.2, 0) is 29.2 Å². The van der Waals surface area contributed by atoms with Gasteiger partial charge in [-0.15, -0.1) is 0 Å². The van der Waals surface area contributed by atoms with Crippen LogP contribution in [0.5, 0.6) is 0 Å². The highest BCUT2D eigenvalue weighted by Crippen LogP contribution is 2.33. The van der Waals surface area contributed by atoms with Crippen LogP contribution in [0, 0.1) is 0 Å².